The van der Waals surface area contributed by atoms with Gasteiger partial charge in [-0.05, 0) is 24.0 Å². The van der Waals surface area contributed by atoms with Gasteiger partial charge in [-0.2, -0.15) is 4.31 Å². The molecular weight excluding hydrogens is 388 g/mol. The number of nitrogens with zero attached hydrogens (tertiary/aromatic N) is 1. The summed E-state index contributed by atoms with van der Waals surface area (Å²) >= 11 is 0. The van der Waals surface area contributed by atoms with Crippen LogP contribution in [-0.2, 0) is 21.4 Å². The Labute approximate surface area is 172 Å². The fourth-order valence-electron chi connectivity index (χ4n) is 3.54. The molecule has 0 unspecified atom stereocenters. The van der Waals surface area contributed by atoms with Gasteiger partial charge in [0.2, 0.25) is 15.9 Å². The second-order valence-electron chi connectivity index (χ2n) is 7.63. The summed E-state index contributed by atoms with van der Waals surface area (Å²) in [7, 11) is -3.97. The zero-order valence-corrected chi connectivity index (χ0v) is 17.5. The summed E-state index contributed by atoms with van der Waals surface area (Å²) in [4.78, 5) is 25.5. The van der Waals surface area contributed by atoms with Crippen molar-refractivity contribution in [1.82, 2.24) is 9.62 Å². The molecule has 2 aromatic rings. The quantitative estimate of drug-likeness (QED) is 0.788. The van der Waals surface area contributed by atoms with Gasteiger partial charge in [-0.3, -0.25) is 9.59 Å². The summed E-state index contributed by atoms with van der Waals surface area (Å²) in [6, 6.07) is 14.8. The highest BCUT2D eigenvalue weighted by Crippen LogP contribution is 2.29. The van der Waals surface area contributed by atoms with Crippen LogP contribution in [0.4, 0.5) is 0 Å². The Bertz CT molecular complexity index is 987. The molecule has 0 saturated heterocycles. The van der Waals surface area contributed by atoms with Gasteiger partial charge in [0.05, 0.1) is 4.90 Å². The molecule has 0 bridgehead atoms. The summed E-state index contributed by atoms with van der Waals surface area (Å²) < 4.78 is 27.9. The minimum atomic E-state index is -3.97. The molecule has 3 rings (SSSR count). The normalized spacial score (nSPS) is 17.4. The molecule has 1 atom stereocenters. The maximum Gasteiger partial charge on any atom is 0.244 e. The minimum Gasteiger partial charge on any atom is -0.351 e. The number of carbonyl (C=O) groups excluding carboxylic acids is 2. The largest absolute Gasteiger partial charge is 0.351 e. The number of fused-ring (bicyclic) bond motifs is 1. The Morgan fingerprint density at radius 2 is 1.72 bits per heavy atom. The summed E-state index contributed by atoms with van der Waals surface area (Å²) in [5.41, 5.74) is 1.13. The van der Waals surface area contributed by atoms with Crippen LogP contribution in [0.15, 0.2) is 59.5 Å². The molecule has 2 aromatic carbocycles. The molecule has 1 N–H and O–H groups in total. The van der Waals surface area contributed by atoms with E-state index < -0.39 is 16.1 Å². The lowest BCUT2D eigenvalue weighted by molar-refractivity contribution is -0.125. The topological polar surface area (TPSA) is 83.6 Å². The maximum absolute atomic E-state index is 13.4. The Morgan fingerprint density at radius 1 is 1.07 bits per heavy atom. The van der Waals surface area contributed by atoms with Crippen LogP contribution < -0.4 is 5.32 Å². The Hall–Kier alpha value is -2.51. The lowest BCUT2D eigenvalue weighted by Crippen LogP contribution is -2.50. The summed E-state index contributed by atoms with van der Waals surface area (Å²) in [6.45, 7) is 4.20. The molecule has 0 aliphatic carbocycles. The lowest BCUT2D eigenvalue weighted by Gasteiger charge is -2.30. The zero-order chi connectivity index (χ0) is 21.0. The van der Waals surface area contributed by atoms with Crippen molar-refractivity contribution in [2.75, 3.05) is 6.54 Å². The molecule has 1 amide bonds. The van der Waals surface area contributed by atoms with Crippen molar-refractivity contribution in [1.29, 1.82) is 0 Å². The summed E-state index contributed by atoms with van der Waals surface area (Å²) in [6.07, 6.45) is 0.424. The number of amides is 1. The van der Waals surface area contributed by atoms with Gasteiger partial charge in [0.15, 0.2) is 5.78 Å². The maximum atomic E-state index is 13.4. The monoisotopic (exact) mass is 414 g/mol. The Balaban J connectivity index is 1.91. The Kier molecular flexibility index (Phi) is 6.49. The minimum absolute atomic E-state index is 0.00795. The van der Waals surface area contributed by atoms with E-state index in [4.69, 9.17) is 0 Å². The number of carbonyl (C=O) groups is 2. The number of benzene rings is 2. The van der Waals surface area contributed by atoms with Crippen LogP contribution in [0.2, 0.25) is 0 Å². The van der Waals surface area contributed by atoms with E-state index >= 15 is 0 Å². The number of rotatable bonds is 6. The van der Waals surface area contributed by atoms with Crippen LogP contribution in [0.3, 0.4) is 0 Å². The van der Waals surface area contributed by atoms with Crippen LogP contribution >= 0.6 is 0 Å². The second kappa shape index (κ2) is 8.88. The number of sulfonamides is 1. The second-order valence-corrected chi connectivity index (χ2v) is 9.49. The summed E-state index contributed by atoms with van der Waals surface area (Å²) in [5.74, 6) is -0.468. The molecule has 0 spiro atoms. The van der Waals surface area contributed by atoms with E-state index in [0.717, 1.165) is 5.56 Å². The van der Waals surface area contributed by atoms with Crippen LogP contribution in [-0.4, -0.2) is 37.0 Å². The highest BCUT2D eigenvalue weighted by Gasteiger charge is 2.40. The van der Waals surface area contributed by atoms with Gasteiger partial charge in [0.25, 0.3) is 0 Å². The van der Waals surface area contributed by atoms with Crippen molar-refractivity contribution < 1.29 is 18.0 Å². The molecule has 6 nitrogen and oxygen atoms in total. The predicted molar refractivity (Wildman–Crippen MR) is 111 cm³/mol. The molecule has 29 heavy (non-hydrogen) atoms. The highest BCUT2D eigenvalue weighted by atomic mass is 32.2. The molecule has 0 aromatic heterocycles. The lowest BCUT2D eigenvalue weighted by atomic mass is 10.0. The number of hydrogen-bond donors (Lipinski definition) is 1. The molecular formula is C22H26N2O4S. The molecule has 7 heteroatoms. The van der Waals surface area contributed by atoms with E-state index in [2.05, 4.69) is 5.32 Å². The van der Waals surface area contributed by atoms with E-state index in [0.29, 0.717) is 13.0 Å². The smallest absolute Gasteiger partial charge is 0.244 e. The van der Waals surface area contributed by atoms with Crippen molar-refractivity contribution >= 4 is 21.7 Å². The number of nitrogens with one attached hydrogen (secondary N) is 1. The van der Waals surface area contributed by atoms with Crippen molar-refractivity contribution in [3.8, 4) is 0 Å². The van der Waals surface area contributed by atoms with Crippen LogP contribution in [0, 0.1) is 5.92 Å². The van der Waals surface area contributed by atoms with Gasteiger partial charge in [-0.25, -0.2) is 8.42 Å². The SMILES string of the molecule is CC(C)C[C@@H](C(=O)NCc1ccccc1)N1CCC(=O)c2ccccc2S1(=O)=O. The first-order valence-corrected chi connectivity index (χ1v) is 11.2. The molecule has 1 heterocycles. The number of hydrogen-bond acceptors (Lipinski definition) is 4. The fourth-order valence-corrected chi connectivity index (χ4v) is 5.35. The van der Waals surface area contributed by atoms with Crippen LogP contribution in [0.25, 0.3) is 0 Å². The first-order valence-electron chi connectivity index (χ1n) is 9.76. The summed E-state index contributed by atoms with van der Waals surface area (Å²) in [5, 5.41) is 2.87. The third-order valence-electron chi connectivity index (χ3n) is 4.99. The van der Waals surface area contributed by atoms with E-state index in [1.54, 1.807) is 12.1 Å². The third-order valence-corrected chi connectivity index (χ3v) is 6.95. The van der Waals surface area contributed by atoms with Crippen LogP contribution in [0.5, 0.6) is 0 Å². The average molecular weight is 415 g/mol. The fraction of sp³-hybridized carbons (Fsp3) is 0.364. The molecule has 1 aliphatic heterocycles. The number of ketones is 1. The average Bonchev–Trinajstić information content (AvgIpc) is 2.80. The molecule has 0 fully saturated rings. The molecule has 0 radical (unpaired) electrons. The van der Waals surface area contributed by atoms with Gasteiger partial charge in [0, 0.05) is 25.1 Å². The first kappa shape index (κ1) is 21.2. The number of Topliss-reactive ketones (excluding diaryl/α,β-unsaturated/α-hetero) is 1. The van der Waals surface area contributed by atoms with E-state index in [-0.39, 0.29) is 41.0 Å². The van der Waals surface area contributed by atoms with Gasteiger partial charge < -0.3 is 5.32 Å². The van der Waals surface area contributed by atoms with Crippen molar-refractivity contribution in [3.05, 3.63) is 65.7 Å². The molecule has 0 saturated carbocycles. The van der Waals surface area contributed by atoms with Crippen molar-refractivity contribution in [2.45, 2.75) is 44.2 Å². The standard InChI is InChI=1S/C22H26N2O4S/c1-16(2)14-19(22(26)23-15-17-8-4-3-5-9-17)24-13-12-20(25)18-10-6-7-11-21(18)29(24,27)28/h3-11,16,19H,12-15H2,1-2H3,(H,23,26)/t19-/m0/s1. The molecule has 154 valence electrons. The molecule has 1 aliphatic rings. The van der Waals surface area contributed by atoms with Crippen molar-refractivity contribution in [3.63, 3.8) is 0 Å². The van der Waals surface area contributed by atoms with Gasteiger partial charge in [-0.1, -0.05) is 62.4 Å². The van der Waals surface area contributed by atoms with E-state index in [9.17, 15) is 18.0 Å². The van der Waals surface area contributed by atoms with E-state index in [1.807, 2.05) is 44.2 Å². The van der Waals surface area contributed by atoms with Gasteiger partial charge in [0.1, 0.15) is 6.04 Å². The first-order chi connectivity index (χ1) is 13.8. The van der Waals surface area contributed by atoms with Crippen LogP contribution in [0.1, 0.15) is 42.6 Å². The van der Waals surface area contributed by atoms with E-state index in [1.165, 1.54) is 16.4 Å². The highest BCUT2D eigenvalue weighted by molar-refractivity contribution is 7.89. The van der Waals surface area contributed by atoms with Gasteiger partial charge in [-0.15, -0.1) is 0 Å². The van der Waals surface area contributed by atoms with Gasteiger partial charge >= 0.3 is 0 Å². The zero-order valence-electron chi connectivity index (χ0n) is 16.7. The Morgan fingerprint density at radius 3 is 2.41 bits per heavy atom. The van der Waals surface area contributed by atoms with Crippen molar-refractivity contribution in [2.24, 2.45) is 5.92 Å². The predicted octanol–water partition coefficient (Wildman–Crippen LogP) is 2.99. The third kappa shape index (κ3) is 4.74.